The molecule has 4 nitrogen and oxygen atoms in total. The molecular formula is C12H18N2O2. The fourth-order valence-electron chi connectivity index (χ4n) is 1.24. The predicted molar refractivity (Wildman–Crippen MR) is 63.5 cm³/mol. The van der Waals surface area contributed by atoms with E-state index < -0.39 is 0 Å². The van der Waals surface area contributed by atoms with Gasteiger partial charge in [0, 0.05) is 13.1 Å². The van der Waals surface area contributed by atoms with Crippen molar-refractivity contribution >= 4 is 5.91 Å². The molecule has 88 valence electrons. The minimum atomic E-state index is -0.132. The van der Waals surface area contributed by atoms with Crippen molar-refractivity contribution in [3.05, 3.63) is 29.8 Å². The summed E-state index contributed by atoms with van der Waals surface area (Å²) in [5.41, 5.74) is 1.19. The average Bonchev–Trinajstić information content (AvgIpc) is 2.35. The van der Waals surface area contributed by atoms with Gasteiger partial charge in [-0.15, -0.1) is 0 Å². The number of ether oxygens (including phenoxy) is 1. The number of benzene rings is 1. The van der Waals surface area contributed by atoms with Gasteiger partial charge in [-0.05, 0) is 31.7 Å². The summed E-state index contributed by atoms with van der Waals surface area (Å²) >= 11 is 0. The molecule has 0 aliphatic heterocycles. The van der Waals surface area contributed by atoms with Gasteiger partial charge in [-0.2, -0.15) is 0 Å². The second-order valence-electron chi connectivity index (χ2n) is 3.54. The predicted octanol–water partition coefficient (Wildman–Crippen LogP) is 1.09. The van der Waals surface area contributed by atoms with E-state index in [0.29, 0.717) is 11.8 Å². The number of hydrogen-bond donors (Lipinski definition) is 2. The fraction of sp³-hybridized carbons (Fsp3) is 0.417. The quantitative estimate of drug-likeness (QED) is 0.784. The molecule has 16 heavy (non-hydrogen) atoms. The zero-order chi connectivity index (χ0) is 12.0. The Labute approximate surface area is 96.0 Å². The van der Waals surface area contributed by atoms with Gasteiger partial charge in [0.2, 0.25) is 0 Å². The molecule has 1 aromatic carbocycles. The average molecular weight is 222 g/mol. The number of hydrogen-bond acceptors (Lipinski definition) is 3. The third-order valence-corrected chi connectivity index (χ3v) is 2.46. The fourth-order valence-corrected chi connectivity index (χ4v) is 1.24. The van der Waals surface area contributed by atoms with Crippen LogP contribution in [-0.2, 0) is 4.79 Å². The number of carbonyl (C=O) groups is 1. The van der Waals surface area contributed by atoms with Crippen LogP contribution in [0.1, 0.15) is 18.5 Å². The Morgan fingerprint density at radius 2 is 1.94 bits per heavy atom. The van der Waals surface area contributed by atoms with Crippen LogP contribution in [-0.4, -0.2) is 26.6 Å². The van der Waals surface area contributed by atoms with E-state index in [1.807, 2.05) is 31.3 Å². The Hall–Kier alpha value is -1.55. The van der Waals surface area contributed by atoms with E-state index in [1.165, 1.54) is 5.56 Å². The molecule has 1 atom stereocenters. The van der Waals surface area contributed by atoms with Gasteiger partial charge >= 0.3 is 0 Å². The van der Waals surface area contributed by atoms with Crippen molar-refractivity contribution in [3.63, 3.8) is 0 Å². The van der Waals surface area contributed by atoms with Crippen LogP contribution in [0.3, 0.4) is 0 Å². The lowest BCUT2D eigenvalue weighted by Crippen LogP contribution is -2.24. The molecular weight excluding hydrogens is 204 g/mol. The van der Waals surface area contributed by atoms with Crippen LogP contribution in [0.15, 0.2) is 24.3 Å². The van der Waals surface area contributed by atoms with E-state index in [1.54, 1.807) is 7.05 Å². The van der Waals surface area contributed by atoms with Crippen molar-refractivity contribution in [2.45, 2.75) is 13.0 Å². The van der Waals surface area contributed by atoms with E-state index in [4.69, 9.17) is 4.74 Å². The molecule has 1 unspecified atom stereocenters. The Morgan fingerprint density at radius 1 is 1.31 bits per heavy atom. The van der Waals surface area contributed by atoms with Crippen molar-refractivity contribution in [1.82, 2.24) is 10.6 Å². The molecule has 0 aromatic heterocycles. The molecule has 4 heteroatoms. The highest BCUT2D eigenvalue weighted by Crippen LogP contribution is 2.16. The van der Waals surface area contributed by atoms with E-state index >= 15 is 0 Å². The zero-order valence-electron chi connectivity index (χ0n) is 9.91. The van der Waals surface area contributed by atoms with Crippen LogP contribution in [0.4, 0.5) is 0 Å². The molecule has 0 bridgehead atoms. The minimum Gasteiger partial charge on any atom is -0.484 e. The van der Waals surface area contributed by atoms with Crippen LogP contribution < -0.4 is 15.4 Å². The summed E-state index contributed by atoms with van der Waals surface area (Å²) in [6.45, 7) is 2.14. The molecule has 1 amide bonds. The van der Waals surface area contributed by atoms with Gasteiger partial charge in [-0.25, -0.2) is 0 Å². The SMILES string of the molecule is CNC(=O)COc1ccc(C(C)NC)cc1. The van der Waals surface area contributed by atoms with Gasteiger partial charge in [0.15, 0.2) is 6.61 Å². The molecule has 0 radical (unpaired) electrons. The van der Waals surface area contributed by atoms with Crippen LogP contribution in [0.5, 0.6) is 5.75 Å². The normalized spacial score (nSPS) is 11.9. The second-order valence-corrected chi connectivity index (χ2v) is 3.54. The van der Waals surface area contributed by atoms with Crippen molar-refractivity contribution < 1.29 is 9.53 Å². The topological polar surface area (TPSA) is 50.4 Å². The molecule has 0 aliphatic rings. The molecule has 1 aromatic rings. The summed E-state index contributed by atoms with van der Waals surface area (Å²) in [4.78, 5) is 11.0. The van der Waals surface area contributed by atoms with E-state index in [9.17, 15) is 4.79 Å². The Kier molecular flexibility index (Phi) is 4.79. The third kappa shape index (κ3) is 3.55. The Balaban J connectivity index is 2.54. The molecule has 0 spiro atoms. The molecule has 0 aliphatic carbocycles. The van der Waals surface area contributed by atoms with Gasteiger partial charge in [-0.1, -0.05) is 12.1 Å². The monoisotopic (exact) mass is 222 g/mol. The number of likely N-dealkylation sites (N-methyl/N-ethyl adjacent to an activating group) is 1. The van der Waals surface area contributed by atoms with Crippen LogP contribution in [0.2, 0.25) is 0 Å². The molecule has 0 heterocycles. The van der Waals surface area contributed by atoms with Gasteiger partial charge in [0.25, 0.3) is 5.91 Å². The van der Waals surface area contributed by atoms with Crippen LogP contribution in [0, 0.1) is 0 Å². The first kappa shape index (κ1) is 12.5. The molecule has 1 rings (SSSR count). The van der Waals surface area contributed by atoms with Gasteiger partial charge < -0.3 is 15.4 Å². The largest absolute Gasteiger partial charge is 0.484 e. The van der Waals surface area contributed by atoms with Crippen molar-refractivity contribution in [2.24, 2.45) is 0 Å². The lowest BCUT2D eigenvalue weighted by Gasteiger charge is -2.11. The van der Waals surface area contributed by atoms with Gasteiger partial charge in [0.1, 0.15) is 5.75 Å². The highest BCUT2D eigenvalue weighted by Gasteiger charge is 2.03. The summed E-state index contributed by atoms with van der Waals surface area (Å²) in [5, 5.41) is 5.66. The number of amides is 1. The molecule has 0 saturated carbocycles. The highest BCUT2D eigenvalue weighted by atomic mass is 16.5. The lowest BCUT2D eigenvalue weighted by atomic mass is 10.1. The summed E-state index contributed by atoms with van der Waals surface area (Å²) in [7, 11) is 3.50. The smallest absolute Gasteiger partial charge is 0.257 e. The van der Waals surface area contributed by atoms with Crippen molar-refractivity contribution in [3.8, 4) is 5.75 Å². The minimum absolute atomic E-state index is 0.0530. The first-order valence-corrected chi connectivity index (χ1v) is 5.28. The van der Waals surface area contributed by atoms with E-state index in [2.05, 4.69) is 17.6 Å². The number of rotatable bonds is 5. The molecule has 0 saturated heterocycles. The third-order valence-electron chi connectivity index (χ3n) is 2.46. The second kappa shape index (κ2) is 6.12. The van der Waals surface area contributed by atoms with Crippen molar-refractivity contribution in [2.75, 3.05) is 20.7 Å². The number of nitrogens with one attached hydrogen (secondary N) is 2. The summed E-state index contributed by atoms with van der Waals surface area (Å²) in [6, 6.07) is 8.02. The first-order valence-electron chi connectivity index (χ1n) is 5.28. The lowest BCUT2D eigenvalue weighted by molar-refractivity contribution is -0.122. The van der Waals surface area contributed by atoms with E-state index in [0.717, 1.165) is 0 Å². The van der Waals surface area contributed by atoms with Gasteiger partial charge in [0.05, 0.1) is 0 Å². The summed E-state index contributed by atoms with van der Waals surface area (Å²) < 4.78 is 5.29. The highest BCUT2D eigenvalue weighted by molar-refractivity contribution is 5.77. The Bertz CT molecular complexity index is 335. The Morgan fingerprint density at radius 3 is 2.44 bits per heavy atom. The number of carbonyl (C=O) groups excluding carboxylic acids is 1. The van der Waals surface area contributed by atoms with Crippen molar-refractivity contribution in [1.29, 1.82) is 0 Å². The molecule has 2 N–H and O–H groups in total. The maximum Gasteiger partial charge on any atom is 0.257 e. The van der Waals surface area contributed by atoms with E-state index in [-0.39, 0.29) is 12.5 Å². The standard InChI is InChI=1S/C12H18N2O2/c1-9(13-2)10-4-6-11(7-5-10)16-8-12(15)14-3/h4-7,9,13H,8H2,1-3H3,(H,14,15). The summed E-state index contributed by atoms with van der Waals surface area (Å²) in [6.07, 6.45) is 0. The maximum absolute atomic E-state index is 11.0. The molecule has 0 fully saturated rings. The van der Waals surface area contributed by atoms with Gasteiger partial charge in [-0.3, -0.25) is 4.79 Å². The summed E-state index contributed by atoms with van der Waals surface area (Å²) in [5.74, 6) is 0.573. The zero-order valence-corrected chi connectivity index (χ0v) is 9.91. The maximum atomic E-state index is 11.0. The van der Waals surface area contributed by atoms with Crippen LogP contribution in [0.25, 0.3) is 0 Å². The van der Waals surface area contributed by atoms with Crippen LogP contribution >= 0.6 is 0 Å². The first-order chi connectivity index (χ1) is 7.67.